The fraction of sp³-hybridized carbons (Fsp3) is 0.743. The largest absolute Gasteiger partial charge is 0.419 e. The first-order chi connectivity index (χ1) is 46.2. The number of aryl methyl sites for hydroxylation is 1. The van der Waals surface area contributed by atoms with Crippen LogP contribution in [0.2, 0.25) is 0 Å². The first-order valence-corrected chi connectivity index (χ1v) is 35.3. The maximum absolute atomic E-state index is 15.0. The van der Waals surface area contributed by atoms with E-state index >= 15 is 4.79 Å². The van der Waals surface area contributed by atoms with Gasteiger partial charge in [0.25, 0.3) is 0 Å². The highest BCUT2D eigenvalue weighted by molar-refractivity contribution is 5.99. The number of hydrogen-bond acceptors (Lipinski definition) is 12. The molecule has 10 atom stereocenters. The Balaban J connectivity index is 1.34. The topological polar surface area (TPSA) is 279 Å². The average molecular weight is 1390 g/mol. The highest BCUT2D eigenvalue weighted by Gasteiger charge is 2.47. The third-order valence-corrected chi connectivity index (χ3v) is 20.9. The fourth-order valence-electron chi connectivity index (χ4n) is 14.4. The van der Waals surface area contributed by atoms with Gasteiger partial charge in [-0.05, 0) is 125 Å². The van der Waals surface area contributed by atoms with E-state index in [4.69, 9.17) is 0 Å². The van der Waals surface area contributed by atoms with Crippen molar-refractivity contribution < 1.29 is 75.1 Å². The summed E-state index contributed by atoms with van der Waals surface area (Å²) in [6.45, 7) is 8.59. The van der Waals surface area contributed by atoms with Crippen LogP contribution in [0.15, 0.2) is 18.2 Å². The second kappa shape index (κ2) is 36.1. The van der Waals surface area contributed by atoms with Gasteiger partial charge in [-0.15, -0.1) is 0 Å². The molecular weight excluding hydrogens is 1280 g/mol. The Morgan fingerprint density at radius 1 is 0.643 bits per heavy atom. The lowest BCUT2D eigenvalue weighted by Crippen LogP contribution is -2.65. The first kappa shape index (κ1) is 79.6. The molecule has 2 aliphatic carbocycles. The normalized spacial score (nSPS) is 27.1. The van der Waals surface area contributed by atoms with E-state index in [1.807, 2.05) is 20.8 Å². The average Bonchev–Trinajstić information content (AvgIpc) is 0.846. The quantitative estimate of drug-likeness (QED) is 0.201. The number of likely N-dealkylation sites (N-methyl/N-ethyl adjacent to an activating group) is 6. The lowest BCUT2D eigenvalue weighted by Gasteiger charge is -2.44. The number of hydrogen-bond donors (Lipinski definition) is 4. The van der Waals surface area contributed by atoms with Crippen molar-refractivity contribution in [2.75, 3.05) is 75.5 Å². The highest BCUT2D eigenvalue weighted by Crippen LogP contribution is 2.35. The first-order valence-electron chi connectivity index (χ1n) is 35.3. The van der Waals surface area contributed by atoms with E-state index in [-0.39, 0.29) is 100 Å². The molecule has 0 bridgehead atoms. The number of alkyl halides is 3. The summed E-state index contributed by atoms with van der Waals surface area (Å²) in [6.07, 6.45) is 3.75. The van der Waals surface area contributed by atoms with Gasteiger partial charge < -0.3 is 60.5 Å². The van der Waals surface area contributed by atoms with Gasteiger partial charge in [-0.3, -0.25) is 57.5 Å². The van der Waals surface area contributed by atoms with Crippen LogP contribution in [0.5, 0.6) is 0 Å². The van der Waals surface area contributed by atoms with Crippen LogP contribution < -0.4 is 21.3 Å². The Morgan fingerprint density at radius 3 is 1.90 bits per heavy atom. The van der Waals surface area contributed by atoms with Crippen molar-refractivity contribution in [1.82, 2.24) is 60.5 Å². The Kier molecular flexibility index (Phi) is 29.3. The van der Waals surface area contributed by atoms with Crippen molar-refractivity contribution in [2.45, 2.75) is 236 Å². The molecule has 2 saturated carbocycles. The van der Waals surface area contributed by atoms with Gasteiger partial charge in [0.15, 0.2) is 0 Å². The van der Waals surface area contributed by atoms with Gasteiger partial charge >= 0.3 is 6.18 Å². The second-order valence-electron chi connectivity index (χ2n) is 28.6. The van der Waals surface area contributed by atoms with Crippen LogP contribution in [-0.4, -0.2) is 240 Å². The number of nitrogens with zero attached hydrogens (tertiary/aromatic N) is 8. The SMILES string of the molecule is CC[C@H](C)[C@@H]1NC(=O)[C@H](CCC(C)C)N(C)C(=O)C[C@@H](C(=O)N(C)C)N(C)C(=O)[C@H](C2CCCC2)N(C)C(=O)CCCCNC(=O)[C@@H]2CCCN2C(=O)[C@H](CCc2ccc(C(F)(F)F)c(F)c2)NC(=O)CN(C)C(=O)[C@H](CC2CCCCC2)N(C)C(=O)[C@@H]2CCN2C(=O)[C@H](C)NC1=O. The van der Waals surface area contributed by atoms with E-state index in [9.17, 15) is 70.3 Å². The number of carbonyl (C=O) groups excluding carboxylic acids is 12. The van der Waals surface area contributed by atoms with Gasteiger partial charge in [0, 0.05) is 75.4 Å². The summed E-state index contributed by atoms with van der Waals surface area (Å²) in [4.78, 5) is 184. The summed E-state index contributed by atoms with van der Waals surface area (Å²) in [6, 6.07) is -8.27. The number of fused-ring (bicyclic) bond motifs is 2. The monoisotopic (exact) mass is 1380 g/mol. The summed E-state index contributed by atoms with van der Waals surface area (Å²) < 4.78 is 55.7. The minimum Gasteiger partial charge on any atom is -0.354 e. The summed E-state index contributed by atoms with van der Waals surface area (Å²) in [5, 5.41) is 11.2. The molecule has 4 N–H and O–H groups in total. The van der Waals surface area contributed by atoms with Crippen LogP contribution in [0.4, 0.5) is 17.6 Å². The number of amides is 12. The van der Waals surface area contributed by atoms with E-state index in [0.717, 1.165) is 55.9 Å². The smallest absolute Gasteiger partial charge is 0.354 e. The molecule has 28 heteroatoms. The molecule has 548 valence electrons. The lowest BCUT2D eigenvalue weighted by molar-refractivity contribution is -0.158. The summed E-state index contributed by atoms with van der Waals surface area (Å²) >= 11 is 0. The van der Waals surface area contributed by atoms with Crippen LogP contribution >= 0.6 is 0 Å². The fourth-order valence-corrected chi connectivity index (χ4v) is 14.4. The van der Waals surface area contributed by atoms with Gasteiger partial charge in [0.2, 0.25) is 70.9 Å². The predicted octanol–water partition coefficient (Wildman–Crippen LogP) is 5.03. The molecule has 0 radical (unpaired) electrons. The van der Waals surface area contributed by atoms with Gasteiger partial charge in [-0.25, -0.2) is 4.39 Å². The van der Waals surface area contributed by atoms with Gasteiger partial charge in [-0.2, -0.15) is 13.2 Å². The predicted molar refractivity (Wildman–Crippen MR) is 357 cm³/mol. The summed E-state index contributed by atoms with van der Waals surface area (Å²) in [7, 11) is 10.2. The van der Waals surface area contributed by atoms with Gasteiger partial charge in [-0.1, -0.05) is 85.1 Å². The zero-order valence-corrected chi connectivity index (χ0v) is 59.6. The minimum atomic E-state index is -4.98. The van der Waals surface area contributed by atoms with Crippen molar-refractivity contribution in [1.29, 1.82) is 0 Å². The molecule has 0 spiro atoms. The third-order valence-electron chi connectivity index (χ3n) is 20.9. The van der Waals surface area contributed by atoms with Crippen molar-refractivity contribution in [2.24, 2.45) is 23.7 Å². The third kappa shape index (κ3) is 20.6. The van der Waals surface area contributed by atoms with Crippen molar-refractivity contribution in [3.05, 3.63) is 35.1 Å². The number of halogens is 4. The molecule has 5 fully saturated rings. The van der Waals surface area contributed by atoms with Crippen LogP contribution in [0.25, 0.3) is 0 Å². The summed E-state index contributed by atoms with van der Waals surface area (Å²) in [5.74, 6) is -9.64. The van der Waals surface area contributed by atoms with Gasteiger partial charge in [0.05, 0.1) is 18.5 Å². The zero-order chi connectivity index (χ0) is 72.6. The standard InChI is InChI=1S/C70H108F4N12O12/c1-13-43(4)59-63(92)76-44(5)64(93)86-37-34-53(86)68(97)82(10)54(39-45-22-15-14-16-23-45)67(96)80(8)41-56(87)77-50(32-30-46-29-31-48(49(71)38-46)70(72,73)74)65(94)85-36-21-26-52(85)61(90)75-35-20-19-27-57(88)84(12)60(47-24-17-18-25-47)69(98)83(11)55(66(95)79(6)7)40-58(89)81(9)51(62(91)78-59)33-28-42(2)3/h29,31,38,42-45,47,50-55,59-60H,13-28,30,32-37,39-41H2,1-12H3,(H,75,90)(H,76,92)(H,77,87)(H,78,91)/t43-,44-,50-,51-,52-,53-,54-,55-,59-,60-/m0/s1. The van der Waals surface area contributed by atoms with Crippen LogP contribution in [0.1, 0.15) is 181 Å². The zero-order valence-electron chi connectivity index (χ0n) is 59.6. The molecule has 5 aliphatic rings. The molecular formula is C70H108F4N12O12. The molecule has 12 amide bonds. The van der Waals surface area contributed by atoms with E-state index in [0.29, 0.717) is 50.7 Å². The van der Waals surface area contributed by atoms with Crippen molar-refractivity contribution >= 4 is 70.9 Å². The molecule has 0 unspecified atom stereocenters. The van der Waals surface area contributed by atoms with E-state index in [2.05, 4.69) is 21.3 Å². The number of nitrogens with one attached hydrogen (secondary N) is 4. The molecule has 0 aromatic heterocycles. The Labute approximate surface area is 575 Å². The Morgan fingerprint density at radius 2 is 1.30 bits per heavy atom. The van der Waals surface area contributed by atoms with E-state index in [1.54, 1.807) is 6.92 Å². The second-order valence-corrected chi connectivity index (χ2v) is 28.6. The molecule has 3 aliphatic heterocycles. The van der Waals surface area contributed by atoms with Gasteiger partial charge in [0.1, 0.15) is 60.2 Å². The molecule has 1 aromatic rings. The number of benzene rings is 1. The molecule has 24 nitrogen and oxygen atoms in total. The highest BCUT2D eigenvalue weighted by atomic mass is 19.4. The van der Waals surface area contributed by atoms with E-state index in [1.165, 1.54) is 90.6 Å². The molecule has 3 heterocycles. The molecule has 6 rings (SSSR count). The molecule has 98 heavy (non-hydrogen) atoms. The molecule has 1 aromatic carbocycles. The van der Waals surface area contributed by atoms with E-state index < -0.39 is 156 Å². The lowest BCUT2D eigenvalue weighted by atomic mass is 9.84. The number of rotatable bonds is 12. The maximum atomic E-state index is 15.0. The van der Waals surface area contributed by atoms with Crippen molar-refractivity contribution in [3.63, 3.8) is 0 Å². The Hall–Kier alpha value is -7.42. The number of carbonyl (C=O) groups is 12. The van der Waals surface area contributed by atoms with Crippen LogP contribution in [-0.2, 0) is 70.1 Å². The van der Waals surface area contributed by atoms with Crippen LogP contribution in [0.3, 0.4) is 0 Å². The molecule has 3 saturated heterocycles. The van der Waals surface area contributed by atoms with Crippen LogP contribution in [0, 0.1) is 29.5 Å². The Bertz CT molecular complexity index is 3010. The summed E-state index contributed by atoms with van der Waals surface area (Å²) in [5.41, 5.74) is -1.40. The maximum Gasteiger partial charge on any atom is 0.419 e. The van der Waals surface area contributed by atoms with Crippen molar-refractivity contribution in [3.8, 4) is 0 Å². The minimum absolute atomic E-state index is 0.0162.